The van der Waals surface area contributed by atoms with Crippen LogP contribution >= 0.6 is 0 Å². The lowest BCUT2D eigenvalue weighted by molar-refractivity contribution is -0.141. The quantitative estimate of drug-likeness (QED) is 0.561. The van der Waals surface area contributed by atoms with Gasteiger partial charge in [0.25, 0.3) is 6.43 Å². The van der Waals surface area contributed by atoms with Crippen molar-refractivity contribution in [3.8, 4) is 0 Å². The first kappa shape index (κ1) is 20.8. The van der Waals surface area contributed by atoms with Gasteiger partial charge in [0.15, 0.2) is 11.3 Å². The van der Waals surface area contributed by atoms with Gasteiger partial charge < -0.3 is 9.80 Å². The Morgan fingerprint density at radius 3 is 2.50 bits per heavy atom. The fourth-order valence-electron chi connectivity index (χ4n) is 4.48. The molecule has 0 radical (unpaired) electrons. The van der Waals surface area contributed by atoms with Crippen LogP contribution < -0.4 is 9.80 Å². The molecule has 0 bridgehead atoms. The van der Waals surface area contributed by atoms with Gasteiger partial charge in [0.2, 0.25) is 0 Å². The lowest BCUT2D eigenvalue weighted by Crippen LogP contribution is -2.58. The SMILES string of the molecule is Cc1ncc(N2CC3(CCN(c4cnc5cnn(CC(F)F)c5n4)C3)C2)c(C(F)(F)F)n1. The van der Waals surface area contributed by atoms with Gasteiger partial charge in [-0.2, -0.15) is 18.3 Å². The highest BCUT2D eigenvalue weighted by molar-refractivity contribution is 5.71. The van der Waals surface area contributed by atoms with Crippen molar-refractivity contribution in [2.75, 3.05) is 36.0 Å². The number of aromatic nitrogens is 6. The third kappa shape index (κ3) is 3.58. The van der Waals surface area contributed by atoms with Gasteiger partial charge in [0.1, 0.15) is 23.7 Å². The third-order valence-corrected chi connectivity index (χ3v) is 5.96. The number of halogens is 5. The summed E-state index contributed by atoms with van der Waals surface area (Å²) in [4.78, 5) is 19.9. The highest BCUT2D eigenvalue weighted by Gasteiger charge is 2.50. The zero-order valence-corrected chi connectivity index (χ0v) is 17.0. The molecule has 2 aliphatic heterocycles. The van der Waals surface area contributed by atoms with E-state index in [4.69, 9.17) is 0 Å². The highest BCUT2D eigenvalue weighted by Crippen LogP contribution is 2.45. The molecule has 0 aromatic carbocycles. The Bertz CT molecular complexity index is 1150. The fraction of sp³-hybridized carbons (Fsp3) is 0.526. The van der Waals surface area contributed by atoms with E-state index in [0.29, 0.717) is 37.5 Å². The van der Waals surface area contributed by atoms with Gasteiger partial charge >= 0.3 is 6.18 Å². The van der Waals surface area contributed by atoms with Gasteiger partial charge in [-0.15, -0.1) is 0 Å². The topological polar surface area (TPSA) is 75.9 Å². The molecule has 0 atom stereocenters. The average Bonchev–Trinajstić information content (AvgIpc) is 3.31. The van der Waals surface area contributed by atoms with Gasteiger partial charge in [0, 0.05) is 31.6 Å². The molecule has 0 unspecified atom stereocenters. The second-order valence-corrected chi connectivity index (χ2v) is 8.33. The normalized spacial score (nSPS) is 18.2. The lowest BCUT2D eigenvalue weighted by atomic mass is 9.78. The molecule has 32 heavy (non-hydrogen) atoms. The summed E-state index contributed by atoms with van der Waals surface area (Å²) in [5.41, 5.74) is -0.404. The smallest absolute Gasteiger partial charge is 0.367 e. The number of aryl methyl sites for hydroxylation is 1. The number of alkyl halides is 5. The molecule has 170 valence electrons. The van der Waals surface area contributed by atoms with Gasteiger partial charge in [-0.05, 0) is 13.3 Å². The van der Waals surface area contributed by atoms with Crippen LogP contribution in [0.3, 0.4) is 0 Å². The van der Waals surface area contributed by atoms with Crippen molar-refractivity contribution in [3.05, 3.63) is 30.1 Å². The van der Waals surface area contributed by atoms with Crippen molar-refractivity contribution in [3.63, 3.8) is 0 Å². The molecule has 0 saturated carbocycles. The Balaban J connectivity index is 1.32. The molecule has 8 nitrogen and oxygen atoms in total. The molecule has 0 amide bonds. The monoisotopic (exact) mass is 454 g/mol. The zero-order valence-electron chi connectivity index (χ0n) is 17.0. The van der Waals surface area contributed by atoms with E-state index in [0.717, 1.165) is 11.1 Å². The second-order valence-electron chi connectivity index (χ2n) is 8.33. The number of hydrogen-bond acceptors (Lipinski definition) is 7. The van der Waals surface area contributed by atoms with Crippen molar-refractivity contribution in [1.82, 2.24) is 29.7 Å². The van der Waals surface area contributed by atoms with Crippen LogP contribution in [0.15, 0.2) is 18.6 Å². The van der Waals surface area contributed by atoms with E-state index in [1.165, 1.54) is 19.3 Å². The first-order valence-electron chi connectivity index (χ1n) is 10.0. The molecule has 2 aliphatic rings. The predicted molar refractivity (Wildman–Crippen MR) is 105 cm³/mol. The van der Waals surface area contributed by atoms with E-state index >= 15 is 0 Å². The molecule has 2 fully saturated rings. The van der Waals surface area contributed by atoms with E-state index in [9.17, 15) is 22.0 Å². The molecule has 13 heteroatoms. The maximum absolute atomic E-state index is 13.4. The molecular formula is C19H19F5N8. The fourth-order valence-corrected chi connectivity index (χ4v) is 4.48. The average molecular weight is 454 g/mol. The number of anilines is 2. The number of nitrogens with zero attached hydrogens (tertiary/aromatic N) is 8. The Morgan fingerprint density at radius 1 is 1.03 bits per heavy atom. The summed E-state index contributed by atoms with van der Waals surface area (Å²) < 4.78 is 66.9. The molecule has 3 aromatic heterocycles. The van der Waals surface area contributed by atoms with Gasteiger partial charge in [-0.25, -0.2) is 33.4 Å². The van der Waals surface area contributed by atoms with Gasteiger partial charge in [-0.1, -0.05) is 0 Å². The van der Waals surface area contributed by atoms with Crippen LogP contribution in [0.2, 0.25) is 0 Å². The molecule has 0 N–H and O–H groups in total. The molecule has 2 saturated heterocycles. The standard InChI is InChI=1S/C19H19F5N8/c1-11-25-5-13(16(28-11)19(22,23)24)31-9-18(10-31)2-3-30(8-18)15-6-26-12-4-27-32(7-14(20)21)17(12)29-15/h4-6,14H,2-3,7-10H2,1H3. The first-order valence-corrected chi connectivity index (χ1v) is 10.0. The molecule has 5 heterocycles. The van der Waals surface area contributed by atoms with Crippen LogP contribution in [0, 0.1) is 12.3 Å². The number of rotatable bonds is 4. The molecule has 0 aliphatic carbocycles. The summed E-state index contributed by atoms with van der Waals surface area (Å²) in [6.45, 7) is 2.97. The molecule has 3 aromatic rings. The maximum Gasteiger partial charge on any atom is 0.435 e. The minimum Gasteiger partial charge on any atom is -0.367 e. The highest BCUT2D eigenvalue weighted by atomic mass is 19.4. The van der Waals surface area contributed by atoms with Crippen LogP contribution in [0.5, 0.6) is 0 Å². The van der Waals surface area contributed by atoms with E-state index in [2.05, 4.69) is 25.0 Å². The van der Waals surface area contributed by atoms with E-state index < -0.39 is 24.8 Å². The first-order chi connectivity index (χ1) is 15.1. The van der Waals surface area contributed by atoms with Crippen molar-refractivity contribution >= 4 is 22.7 Å². The summed E-state index contributed by atoms with van der Waals surface area (Å²) in [7, 11) is 0. The lowest BCUT2D eigenvalue weighted by Gasteiger charge is -2.49. The summed E-state index contributed by atoms with van der Waals surface area (Å²) in [5.74, 6) is 0.613. The summed E-state index contributed by atoms with van der Waals surface area (Å²) in [5, 5.41) is 3.92. The van der Waals surface area contributed by atoms with Crippen LogP contribution in [-0.2, 0) is 12.7 Å². The number of fused-ring (bicyclic) bond motifs is 1. The molecule has 1 spiro atoms. The molecular weight excluding hydrogens is 435 g/mol. The molecule has 5 rings (SSSR count). The zero-order chi connectivity index (χ0) is 22.7. The Kier molecular flexibility index (Phi) is 4.67. The van der Waals surface area contributed by atoms with Crippen molar-refractivity contribution in [2.45, 2.75) is 32.5 Å². The van der Waals surface area contributed by atoms with Crippen LogP contribution in [0.4, 0.5) is 33.5 Å². The minimum atomic E-state index is -4.56. The van der Waals surface area contributed by atoms with Crippen molar-refractivity contribution in [2.24, 2.45) is 5.41 Å². The van der Waals surface area contributed by atoms with Crippen LogP contribution in [-0.4, -0.2) is 62.3 Å². The van der Waals surface area contributed by atoms with Crippen molar-refractivity contribution in [1.29, 1.82) is 0 Å². The third-order valence-electron chi connectivity index (χ3n) is 5.96. The summed E-state index contributed by atoms with van der Waals surface area (Å²) in [6, 6.07) is 0. The van der Waals surface area contributed by atoms with Crippen molar-refractivity contribution < 1.29 is 22.0 Å². The van der Waals surface area contributed by atoms with E-state index in [1.54, 1.807) is 11.1 Å². The summed E-state index contributed by atoms with van der Waals surface area (Å²) in [6.07, 6.45) is -2.15. The van der Waals surface area contributed by atoms with E-state index in [1.807, 2.05) is 4.90 Å². The van der Waals surface area contributed by atoms with Crippen LogP contribution in [0.25, 0.3) is 11.2 Å². The Morgan fingerprint density at radius 2 is 1.78 bits per heavy atom. The van der Waals surface area contributed by atoms with Gasteiger partial charge in [0.05, 0.1) is 24.3 Å². The Hall–Kier alpha value is -3.12. The second kappa shape index (κ2) is 7.20. The summed E-state index contributed by atoms with van der Waals surface area (Å²) >= 11 is 0. The maximum atomic E-state index is 13.4. The minimum absolute atomic E-state index is 0.00992. The Labute approximate surface area is 179 Å². The number of hydrogen-bond donors (Lipinski definition) is 0. The van der Waals surface area contributed by atoms with E-state index in [-0.39, 0.29) is 22.6 Å². The largest absolute Gasteiger partial charge is 0.435 e. The van der Waals surface area contributed by atoms with Gasteiger partial charge in [-0.3, -0.25) is 0 Å². The van der Waals surface area contributed by atoms with Crippen LogP contribution in [0.1, 0.15) is 17.9 Å². The predicted octanol–water partition coefficient (Wildman–Crippen LogP) is 2.93.